The Morgan fingerprint density at radius 1 is 1.24 bits per heavy atom. The van der Waals surface area contributed by atoms with E-state index in [0.29, 0.717) is 0 Å². The summed E-state index contributed by atoms with van der Waals surface area (Å²) in [5, 5.41) is 6.53. The number of benzene rings is 1. The molecule has 0 aromatic heterocycles. The van der Waals surface area contributed by atoms with Crippen molar-refractivity contribution in [2.45, 2.75) is 13.1 Å². The van der Waals surface area contributed by atoms with Gasteiger partial charge < -0.3 is 5.32 Å². The van der Waals surface area contributed by atoms with Gasteiger partial charge in [0.1, 0.15) is 6.17 Å². The highest BCUT2D eigenvalue weighted by Crippen LogP contribution is 2.10. The van der Waals surface area contributed by atoms with Crippen molar-refractivity contribution < 1.29 is 0 Å². The Morgan fingerprint density at radius 3 is 2.53 bits per heavy atom. The van der Waals surface area contributed by atoms with E-state index in [1.54, 1.807) is 0 Å². The smallest absolute Gasteiger partial charge is 0.103 e. The second kappa shape index (κ2) is 7.47. The van der Waals surface area contributed by atoms with Crippen LogP contribution in [-0.4, -0.2) is 7.05 Å². The third kappa shape index (κ3) is 4.70. The Hall–Kier alpha value is -1.80. The molecule has 90 valence electrons. The van der Waals surface area contributed by atoms with Gasteiger partial charge in [0.2, 0.25) is 0 Å². The average molecular weight is 228 g/mol. The summed E-state index contributed by atoms with van der Waals surface area (Å²) >= 11 is 0. The van der Waals surface area contributed by atoms with Crippen LogP contribution in [-0.2, 0) is 0 Å². The van der Waals surface area contributed by atoms with Gasteiger partial charge in [-0.05, 0) is 25.6 Å². The van der Waals surface area contributed by atoms with E-state index in [9.17, 15) is 0 Å². The molecule has 1 aromatic rings. The second-order valence-corrected chi connectivity index (χ2v) is 3.69. The van der Waals surface area contributed by atoms with Crippen molar-refractivity contribution in [2.75, 3.05) is 7.05 Å². The summed E-state index contributed by atoms with van der Waals surface area (Å²) in [6.45, 7) is 5.95. The summed E-state index contributed by atoms with van der Waals surface area (Å²) in [5.41, 5.74) is 2.07. The van der Waals surface area contributed by atoms with Crippen LogP contribution in [0.4, 0.5) is 0 Å². The zero-order valence-electron chi connectivity index (χ0n) is 10.5. The molecular weight excluding hydrogens is 208 g/mol. The van der Waals surface area contributed by atoms with Crippen molar-refractivity contribution in [3.05, 3.63) is 72.5 Å². The first kappa shape index (κ1) is 13.3. The Morgan fingerprint density at radius 2 is 1.94 bits per heavy atom. The van der Waals surface area contributed by atoms with E-state index >= 15 is 0 Å². The second-order valence-electron chi connectivity index (χ2n) is 3.69. The molecule has 17 heavy (non-hydrogen) atoms. The molecule has 1 unspecified atom stereocenters. The highest BCUT2D eigenvalue weighted by atomic mass is 15.1. The maximum atomic E-state index is 3.97. The number of hydrogen-bond donors (Lipinski definition) is 2. The largest absolute Gasteiger partial charge is 0.366 e. The van der Waals surface area contributed by atoms with Crippen molar-refractivity contribution in [2.24, 2.45) is 0 Å². The van der Waals surface area contributed by atoms with Crippen molar-refractivity contribution in [3.63, 3.8) is 0 Å². The van der Waals surface area contributed by atoms with Crippen LogP contribution in [0.5, 0.6) is 0 Å². The van der Waals surface area contributed by atoms with Crippen LogP contribution >= 0.6 is 0 Å². The Labute approximate surface area is 104 Å². The first-order chi connectivity index (χ1) is 8.27. The van der Waals surface area contributed by atoms with E-state index in [-0.39, 0.29) is 6.17 Å². The minimum Gasteiger partial charge on any atom is -0.366 e. The lowest BCUT2D eigenvalue weighted by Crippen LogP contribution is -2.30. The van der Waals surface area contributed by atoms with Crippen molar-refractivity contribution in [1.82, 2.24) is 10.6 Å². The molecule has 0 radical (unpaired) electrons. The molecule has 0 aliphatic carbocycles. The minimum atomic E-state index is 0.0824. The fourth-order valence-electron chi connectivity index (χ4n) is 1.48. The third-order valence-electron chi connectivity index (χ3n) is 2.35. The van der Waals surface area contributed by atoms with E-state index in [4.69, 9.17) is 0 Å². The number of hydrogen-bond acceptors (Lipinski definition) is 2. The molecule has 0 saturated heterocycles. The molecule has 0 amide bonds. The van der Waals surface area contributed by atoms with Gasteiger partial charge in [-0.2, -0.15) is 0 Å². The predicted molar refractivity (Wildman–Crippen MR) is 74.5 cm³/mol. The molecule has 1 atom stereocenters. The van der Waals surface area contributed by atoms with Crippen LogP contribution in [0, 0.1) is 0 Å². The van der Waals surface area contributed by atoms with Gasteiger partial charge in [0.05, 0.1) is 0 Å². The summed E-state index contributed by atoms with van der Waals surface area (Å²) in [4.78, 5) is 0. The van der Waals surface area contributed by atoms with Crippen LogP contribution < -0.4 is 10.6 Å². The minimum absolute atomic E-state index is 0.0824. The molecule has 0 spiro atoms. The molecule has 0 heterocycles. The van der Waals surface area contributed by atoms with Gasteiger partial charge in [-0.1, -0.05) is 55.1 Å². The fourth-order valence-corrected chi connectivity index (χ4v) is 1.48. The van der Waals surface area contributed by atoms with Gasteiger partial charge >= 0.3 is 0 Å². The summed E-state index contributed by atoms with van der Waals surface area (Å²) in [5.74, 6) is 0. The predicted octanol–water partition coefficient (Wildman–Crippen LogP) is 3.14. The monoisotopic (exact) mass is 228 g/mol. The average Bonchev–Trinajstić information content (AvgIpc) is 2.37. The Kier molecular flexibility index (Phi) is 5.83. The van der Waals surface area contributed by atoms with Gasteiger partial charge in [-0.3, -0.25) is 5.32 Å². The topological polar surface area (TPSA) is 24.1 Å². The Bertz CT molecular complexity index is 391. The number of nitrogens with one attached hydrogen (secondary N) is 2. The van der Waals surface area contributed by atoms with E-state index in [0.717, 1.165) is 5.70 Å². The maximum absolute atomic E-state index is 3.97. The first-order valence-corrected chi connectivity index (χ1v) is 5.75. The maximum Gasteiger partial charge on any atom is 0.103 e. The van der Waals surface area contributed by atoms with Crippen LogP contribution in [0.25, 0.3) is 0 Å². The van der Waals surface area contributed by atoms with Crippen molar-refractivity contribution in [3.8, 4) is 0 Å². The van der Waals surface area contributed by atoms with Gasteiger partial charge in [0, 0.05) is 5.70 Å². The number of rotatable bonds is 6. The van der Waals surface area contributed by atoms with Crippen LogP contribution in [0.3, 0.4) is 0 Å². The highest BCUT2D eigenvalue weighted by molar-refractivity contribution is 5.23. The van der Waals surface area contributed by atoms with Crippen molar-refractivity contribution in [1.29, 1.82) is 0 Å². The third-order valence-corrected chi connectivity index (χ3v) is 2.35. The van der Waals surface area contributed by atoms with E-state index in [1.165, 1.54) is 5.56 Å². The summed E-state index contributed by atoms with van der Waals surface area (Å²) < 4.78 is 0. The molecule has 2 N–H and O–H groups in total. The SMILES string of the molecule is C=C(/C=C\C=C/C)NC(NC)c1ccccc1. The van der Waals surface area contributed by atoms with E-state index in [2.05, 4.69) is 29.3 Å². The van der Waals surface area contributed by atoms with Crippen LogP contribution in [0.1, 0.15) is 18.7 Å². The first-order valence-electron chi connectivity index (χ1n) is 5.75. The normalized spacial score (nSPS) is 13.1. The van der Waals surface area contributed by atoms with Crippen LogP contribution in [0.15, 0.2) is 66.9 Å². The zero-order valence-corrected chi connectivity index (χ0v) is 10.5. The molecule has 2 nitrogen and oxygen atoms in total. The van der Waals surface area contributed by atoms with Gasteiger partial charge in [-0.15, -0.1) is 0 Å². The molecule has 0 fully saturated rings. The van der Waals surface area contributed by atoms with Gasteiger partial charge in [0.15, 0.2) is 0 Å². The lowest BCUT2D eigenvalue weighted by atomic mass is 10.1. The summed E-state index contributed by atoms with van der Waals surface area (Å²) in [7, 11) is 1.92. The fraction of sp³-hybridized carbons (Fsp3) is 0.200. The quantitative estimate of drug-likeness (QED) is 0.577. The lowest BCUT2D eigenvalue weighted by molar-refractivity contribution is 0.530. The molecule has 0 aliphatic heterocycles. The molecule has 0 aliphatic rings. The molecule has 2 heteroatoms. The molecule has 0 bridgehead atoms. The van der Waals surface area contributed by atoms with Gasteiger partial charge in [0.25, 0.3) is 0 Å². The van der Waals surface area contributed by atoms with Gasteiger partial charge in [-0.25, -0.2) is 0 Å². The zero-order chi connectivity index (χ0) is 12.5. The van der Waals surface area contributed by atoms with E-state index < -0.39 is 0 Å². The molecule has 0 saturated carbocycles. The van der Waals surface area contributed by atoms with E-state index in [1.807, 2.05) is 56.5 Å². The van der Waals surface area contributed by atoms with Crippen LogP contribution in [0.2, 0.25) is 0 Å². The molecular formula is C15H20N2. The highest BCUT2D eigenvalue weighted by Gasteiger charge is 2.06. The lowest BCUT2D eigenvalue weighted by Gasteiger charge is -2.19. The molecule has 1 aromatic carbocycles. The Balaban J connectivity index is 2.62. The summed E-state index contributed by atoms with van der Waals surface area (Å²) in [6.07, 6.45) is 7.96. The summed E-state index contributed by atoms with van der Waals surface area (Å²) in [6, 6.07) is 10.2. The molecule has 1 rings (SSSR count). The van der Waals surface area contributed by atoms with Crippen molar-refractivity contribution >= 4 is 0 Å². The standard InChI is InChI=1S/C15H20N2/c1-4-5-7-10-13(2)17-15(16-3)14-11-8-6-9-12-14/h4-12,15-17H,2H2,1,3H3/b5-4-,10-7-. The number of allylic oxidation sites excluding steroid dienone is 4.